The van der Waals surface area contributed by atoms with Gasteiger partial charge in [-0.1, -0.05) is 19.1 Å². The molecule has 0 aromatic heterocycles. The molecule has 1 aromatic carbocycles. The zero-order chi connectivity index (χ0) is 14.8. The third kappa shape index (κ3) is 3.52. The Morgan fingerprint density at radius 2 is 1.75 bits per heavy atom. The van der Waals surface area contributed by atoms with Crippen LogP contribution in [0.2, 0.25) is 0 Å². The van der Waals surface area contributed by atoms with Gasteiger partial charge in [0.25, 0.3) is 0 Å². The van der Waals surface area contributed by atoms with Gasteiger partial charge in [-0.3, -0.25) is 4.90 Å². The van der Waals surface area contributed by atoms with Crippen molar-refractivity contribution in [2.75, 3.05) is 13.1 Å². The van der Waals surface area contributed by atoms with E-state index in [9.17, 15) is 13.2 Å². The summed E-state index contributed by atoms with van der Waals surface area (Å²) < 4.78 is 37.7. The van der Waals surface area contributed by atoms with Gasteiger partial charge in [0.05, 0.1) is 5.56 Å². The van der Waals surface area contributed by atoms with Crippen molar-refractivity contribution < 1.29 is 13.2 Å². The quantitative estimate of drug-likeness (QED) is 0.920. The Labute approximate surface area is 117 Å². The molecule has 1 unspecified atom stereocenters. The first-order chi connectivity index (χ1) is 9.41. The lowest BCUT2D eigenvalue weighted by atomic mass is 9.97. The van der Waals surface area contributed by atoms with Gasteiger partial charge in [0.2, 0.25) is 0 Å². The van der Waals surface area contributed by atoms with E-state index in [1.54, 1.807) is 12.1 Å². The van der Waals surface area contributed by atoms with Gasteiger partial charge < -0.3 is 5.73 Å². The van der Waals surface area contributed by atoms with Crippen LogP contribution >= 0.6 is 0 Å². The normalized spacial score (nSPS) is 20.1. The minimum atomic E-state index is -4.27. The summed E-state index contributed by atoms with van der Waals surface area (Å²) in [4.78, 5) is 2.33. The smallest absolute Gasteiger partial charge is 0.328 e. The molecule has 2 N–H and O–H groups in total. The molecule has 0 radical (unpaired) electrons. The number of nitrogens with zero attached hydrogens (tertiary/aromatic N) is 1. The van der Waals surface area contributed by atoms with Crippen molar-refractivity contribution in [1.29, 1.82) is 0 Å². The van der Waals surface area contributed by atoms with Crippen LogP contribution in [0.1, 0.15) is 43.4 Å². The lowest BCUT2D eigenvalue weighted by Gasteiger charge is -2.36. The molecule has 0 bridgehead atoms. The summed E-state index contributed by atoms with van der Waals surface area (Å²) in [5, 5.41) is 0. The minimum Gasteiger partial charge on any atom is -0.328 e. The number of piperidine rings is 1. The van der Waals surface area contributed by atoms with E-state index in [4.69, 9.17) is 5.73 Å². The largest absolute Gasteiger partial charge is 0.416 e. The van der Waals surface area contributed by atoms with Crippen molar-refractivity contribution in [2.24, 2.45) is 5.73 Å². The van der Waals surface area contributed by atoms with Crippen molar-refractivity contribution >= 4 is 0 Å². The van der Waals surface area contributed by atoms with E-state index in [2.05, 4.69) is 11.8 Å². The van der Waals surface area contributed by atoms with Crippen molar-refractivity contribution in [2.45, 2.75) is 44.4 Å². The maximum Gasteiger partial charge on any atom is 0.416 e. The highest BCUT2D eigenvalue weighted by molar-refractivity contribution is 5.27. The third-order valence-electron chi connectivity index (χ3n) is 4.02. The zero-order valence-electron chi connectivity index (χ0n) is 11.7. The van der Waals surface area contributed by atoms with Gasteiger partial charge in [0.1, 0.15) is 0 Å². The Morgan fingerprint density at radius 3 is 2.20 bits per heavy atom. The molecule has 5 heteroatoms. The van der Waals surface area contributed by atoms with Gasteiger partial charge in [-0.25, -0.2) is 0 Å². The van der Waals surface area contributed by atoms with Gasteiger partial charge in [0.15, 0.2) is 0 Å². The molecule has 0 aliphatic carbocycles. The van der Waals surface area contributed by atoms with Gasteiger partial charge >= 0.3 is 6.18 Å². The van der Waals surface area contributed by atoms with Crippen molar-refractivity contribution in [3.63, 3.8) is 0 Å². The molecule has 1 atom stereocenters. The number of alkyl halides is 3. The van der Waals surface area contributed by atoms with Gasteiger partial charge in [-0.15, -0.1) is 0 Å². The molecule has 1 aliphatic heterocycles. The Morgan fingerprint density at radius 1 is 1.20 bits per heavy atom. The molecule has 1 heterocycles. The van der Waals surface area contributed by atoms with E-state index in [0.29, 0.717) is 0 Å². The fraction of sp³-hybridized carbons (Fsp3) is 0.600. The van der Waals surface area contributed by atoms with Crippen LogP contribution in [0.3, 0.4) is 0 Å². The van der Waals surface area contributed by atoms with Crippen molar-refractivity contribution in [1.82, 2.24) is 4.90 Å². The number of hydrogen-bond donors (Lipinski definition) is 1. The maximum atomic E-state index is 12.6. The number of benzene rings is 1. The molecular formula is C15H21F3N2. The summed E-state index contributed by atoms with van der Waals surface area (Å²) in [7, 11) is 0. The first kappa shape index (κ1) is 15.3. The highest BCUT2D eigenvalue weighted by Crippen LogP contribution is 2.32. The van der Waals surface area contributed by atoms with E-state index in [1.807, 2.05) is 0 Å². The Balaban J connectivity index is 2.11. The average molecular weight is 286 g/mol. The second-order valence-electron chi connectivity index (χ2n) is 5.42. The Kier molecular flexibility index (Phi) is 4.70. The van der Waals surface area contributed by atoms with Gasteiger partial charge in [0, 0.05) is 25.2 Å². The molecule has 1 aliphatic rings. The van der Waals surface area contributed by atoms with Crippen molar-refractivity contribution in [3.8, 4) is 0 Å². The van der Waals surface area contributed by atoms with Gasteiger partial charge in [-0.05, 0) is 37.0 Å². The van der Waals surface area contributed by atoms with Crippen molar-refractivity contribution in [3.05, 3.63) is 35.4 Å². The highest BCUT2D eigenvalue weighted by atomic mass is 19.4. The van der Waals surface area contributed by atoms with E-state index < -0.39 is 11.7 Å². The highest BCUT2D eigenvalue weighted by Gasteiger charge is 2.30. The topological polar surface area (TPSA) is 29.3 Å². The van der Waals surface area contributed by atoms with Crippen LogP contribution in [-0.2, 0) is 6.18 Å². The summed E-state index contributed by atoms with van der Waals surface area (Å²) >= 11 is 0. The van der Waals surface area contributed by atoms with E-state index in [0.717, 1.165) is 37.9 Å². The van der Waals surface area contributed by atoms with Crippen LogP contribution in [0.5, 0.6) is 0 Å². The Hall–Kier alpha value is -1.07. The fourth-order valence-electron chi connectivity index (χ4n) is 2.83. The van der Waals surface area contributed by atoms with Crippen LogP contribution < -0.4 is 5.73 Å². The van der Waals surface area contributed by atoms with E-state index >= 15 is 0 Å². The third-order valence-corrected chi connectivity index (χ3v) is 4.02. The second kappa shape index (κ2) is 6.14. The number of halogens is 3. The average Bonchev–Trinajstić information content (AvgIpc) is 2.41. The fourth-order valence-corrected chi connectivity index (χ4v) is 2.83. The van der Waals surface area contributed by atoms with Crippen LogP contribution in [0.4, 0.5) is 13.2 Å². The molecule has 0 spiro atoms. The zero-order valence-corrected chi connectivity index (χ0v) is 11.7. The molecular weight excluding hydrogens is 265 g/mol. The monoisotopic (exact) mass is 286 g/mol. The van der Waals surface area contributed by atoms with Crippen LogP contribution in [0.25, 0.3) is 0 Å². The number of likely N-dealkylation sites (tertiary alicyclic amines) is 1. The van der Waals surface area contributed by atoms with E-state index in [1.165, 1.54) is 12.1 Å². The molecule has 2 nitrogen and oxygen atoms in total. The van der Waals surface area contributed by atoms with E-state index in [-0.39, 0.29) is 12.1 Å². The number of hydrogen-bond acceptors (Lipinski definition) is 2. The molecule has 1 saturated heterocycles. The molecule has 0 amide bonds. The summed E-state index contributed by atoms with van der Waals surface area (Å²) in [5.41, 5.74) is 6.26. The Bertz CT molecular complexity index is 420. The summed E-state index contributed by atoms with van der Waals surface area (Å²) in [5.74, 6) is 0. The predicted molar refractivity (Wildman–Crippen MR) is 73.3 cm³/mol. The SMILES string of the molecule is CCC(c1ccc(C(F)(F)F)cc1)N1CCC(N)CC1. The summed E-state index contributed by atoms with van der Waals surface area (Å²) in [6.07, 6.45) is -1.47. The summed E-state index contributed by atoms with van der Waals surface area (Å²) in [6, 6.07) is 6.00. The molecule has 112 valence electrons. The van der Waals surface area contributed by atoms with Crippen LogP contribution in [0.15, 0.2) is 24.3 Å². The lowest BCUT2D eigenvalue weighted by Crippen LogP contribution is -2.41. The summed E-state index contributed by atoms with van der Waals surface area (Å²) in [6.45, 7) is 3.90. The minimum absolute atomic E-state index is 0.185. The molecule has 2 rings (SSSR count). The molecule has 20 heavy (non-hydrogen) atoms. The molecule has 0 saturated carbocycles. The number of rotatable bonds is 3. The van der Waals surface area contributed by atoms with Crippen LogP contribution in [-0.4, -0.2) is 24.0 Å². The molecule has 1 aromatic rings. The second-order valence-corrected chi connectivity index (χ2v) is 5.42. The molecule has 1 fully saturated rings. The standard InChI is InChI=1S/C15H21F3N2/c1-2-14(20-9-7-13(19)8-10-20)11-3-5-12(6-4-11)15(16,17)18/h3-6,13-14H,2,7-10,19H2,1H3. The predicted octanol–water partition coefficient (Wildman–Crippen LogP) is 3.58. The first-order valence-corrected chi connectivity index (χ1v) is 7.08. The van der Waals surface area contributed by atoms with Crippen LogP contribution in [0, 0.1) is 0 Å². The first-order valence-electron chi connectivity index (χ1n) is 7.08. The van der Waals surface area contributed by atoms with Gasteiger partial charge in [-0.2, -0.15) is 13.2 Å². The maximum absolute atomic E-state index is 12.6. The lowest BCUT2D eigenvalue weighted by molar-refractivity contribution is -0.137. The number of nitrogens with two attached hydrogens (primary N) is 1.